The first-order chi connectivity index (χ1) is 27.3. The molecule has 11 aromatic rings. The topological polar surface area (TPSA) is 21.3 Å². The number of fused-ring (bicyclic) bond motifs is 7. The van der Waals surface area contributed by atoms with Gasteiger partial charge in [0.25, 0.3) is 0 Å². The molecule has 0 saturated carbocycles. The maximum atomic E-state index is 6.66. The molecule has 2 heterocycles. The first-order valence-corrected chi connectivity index (χ1v) is 18.8. The summed E-state index contributed by atoms with van der Waals surface area (Å²) in [6.07, 6.45) is 0. The molecule has 3 nitrogen and oxygen atoms in total. The number of furan rings is 1. The zero-order valence-electron chi connectivity index (χ0n) is 29.9. The van der Waals surface area contributed by atoms with Crippen LogP contribution in [0.2, 0.25) is 0 Å². The average Bonchev–Trinajstić information content (AvgIpc) is 3.80. The van der Waals surface area contributed by atoms with Crippen LogP contribution in [0.5, 0.6) is 0 Å². The summed E-state index contributed by atoms with van der Waals surface area (Å²) in [4.78, 5) is 2.32. The Kier molecular flexibility index (Phi) is 7.17. The van der Waals surface area contributed by atoms with Gasteiger partial charge in [0.05, 0.1) is 11.0 Å². The van der Waals surface area contributed by atoms with Crippen LogP contribution in [0.1, 0.15) is 0 Å². The molecule has 0 atom stereocenters. The third-order valence-electron chi connectivity index (χ3n) is 11.0. The van der Waals surface area contributed by atoms with E-state index in [9.17, 15) is 0 Å². The summed E-state index contributed by atoms with van der Waals surface area (Å²) in [6, 6.07) is 73.8. The standard InChI is InChI=1S/C52H34N2O/c1-2-15-38(16-3-1)53(39-29-25-36(26-30-39)43-21-12-14-35-13-4-5-17-42(35)43)40-31-27-37(28-32-40)47-33-41(34-48-46-20-8-11-24-51(46)55-52(47)48)54-49-22-9-6-18-44(49)45-19-7-10-23-50(45)54/h1-34H. The highest BCUT2D eigenvalue weighted by molar-refractivity contribution is 6.13. The molecule has 11 rings (SSSR count). The summed E-state index contributed by atoms with van der Waals surface area (Å²) in [6.45, 7) is 0. The van der Waals surface area contributed by atoms with E-state index in [1.807, 2.05) is 6.07 Å². The Labute approximate surface area is 318 Å². The molecule has 9 aromatic carbocycles. The van der Waals surface area contributed by atoms with Crippen LogP contribution < -0.4 is 4.90 Å². The second-order valence-electron chi connectivity index (χ2n) is 14.1. The fraction of sp³-hybridized carbons (Fsp3) is 0. The fourth-order valence-corrected chi connectivity index (χ4v) is 8.44. The Balaban J connectivity index is 1.05. The van der Waals surface area contributed by atoms with Crippen molar-refractivity contribution < 1.29 is 4.42 Å². The minimum atomic E-state index is 0.886. The highest BCUT2D eigenvalue weighted by atomic mass is 16.3. The molecule has 0 fully saturated rings. The van der Waals surface area contributed by atoms with E-state index in [0.717, 1.165) is 55.8 Å². The summed E-state index contributed by atoms with van der Waals surface area (Å²) in [5.74, 6) is 0. The van der Waals surface area contributed by atoms with Crippen molar-refractivity contribution in [2.24, 2.45) is 0 Å². The molecule has 0 spiro atoms. The van der Waals surface area contributed by atoms with Gasteiger partial charge >= 0.3 is 0 Å². The lowest BCUT2D eigenvalue weighted by molar-refractivity contribution is 0.670. The fourth-order valence-electron chi connectivity index (χ4n) is 8.44. The molecule has 0 unspecified atom stereocenters. The summed E-state index contributed by atoms with van der Waals surface area (Å²) in [5.41, 5.74) is 13.1. The summed E-state index contributed by atoms with van der Waals surface area (Å²) in [7, 11) is 0. The van der Waals surface area contributed by atoms with Crippen molar-refractivity contribution >= 4 is 71.6 Å². The molecule has 55 heavy (non-hydrogen) atoms. The Bertz CT molecular complexity index is 3130. The van der Waals surface area contributed by atoms with Gasteiger partial charge in [-0.3, -0.25) is 0 Å². The van der Waals surface area contributed by atoms with E-state index in [0.29, 0.717) is 0 Å². The van der Waals surface area contributed by atoms with Gasteiger partial charge in [-0.1, -0.05) is 140 Å². The lowest BCUT2D eigenvalue weighted by Gasteiger charge is -2.26. The number of aromatic nitrogens is 1. The SMILES string of the molecule is c1ccc(N(c2ccc(-c3cccc4ccccc34)cc2)c2ccc(-c3cc(-n4c5ccccc5c5ccccc54)cc4c3oc3ccccc34)cc2)cc1. The van der Waals surface area contributed by atoms with E-state index in [-0.39, 0.29) is 0 Å². The van der Waals surface area contributed by atoms with Gasteiger partial charge in [0.15, 0.2) is 0 Å². The monoisotopic (exact) mass is 702 g/mol. The first-order valence-electron chi connectivity index (χ1n) is 18.8. The Morgan fingerprint density at radius 1 is 0.364 bits per heavy atom. The van der Waals surface area contributed by atoms with E-state index in [1.54, 1.807) is 0 Å². The lowest BCUT2D eigenvalue weighted by atomic mass is 9.98. The second kappa shape index (κ2) is 12.6. The molecule has 3 heteroatoms. The molecule has 0 aliphatic heterocycles. The number of rotatable bonds is 6. The van der Waals surface area contributed by atoms with E-state index in [2.05, 4.69) is 210 Å². The zero-order valence-corrected chi connectivity index (χ0v) is 29.9. The van der Waals surface area contributed by atoms with Gasteiger partial charge < -0.3 is 13.9 Å². The van der Waals surface area contributed by atoms with E-state index >= 15 is 0 Å². The van der Waals surface area contributed by atoms with Gasteiger partial charge in [0.2, 0.25) is 0 Å². The molecule has 0 aliphatic carbocycles. The van der Waals surface area contributed by atoms with Crippen molar-refractivity contribution in [2.75, 3.05) is 4.90 Å². The smallest absolute Gasteiger partial charge is 0.143 e. The number of nitrogens with zero attached hydrogens (tertiary/aromatic N) is 2. The molecular weight excluding hydrogens is 669 g/mol. The van der Waals surface area contributed by atoms with Gasteiger partial charge in [-0.05, 0) is 94.2 Å². The number of anilines is 3. The molecular formula is C52H34N2O. The predicted octanol–water partition coefficient (Wildman–Crippen LogP) is 14.6. The number of hydrogen-bond acceptors (Lipinski definition) is 2. The Morgan fingerprint density at radius 2 is 0.891 bits per heavy atom. The van der Waals surface area contributed by atoms with Crippen molar-refractivity contribution in [1.82, 2.24) is 4.57 Å². The largest absolute Gasteiger partial charge is 0.455 e. The summed E-state index contributed by atoms with van der Waals surface area (Å²) in [5, 5.41) is 7.20. The number of benzene rings is 9. The zero-order chi connectivity index (χ0) is 36.3. The van der Waals surface area contributed by atoms with Gasteiger partial charge in [0.1, 0.15) is 11.2 Å². The lowest BCUT2D eigenvalue weighted by Crippen LogP contribution is -2.09. The minimum absolute atomic E-state index is 0.886. The third-order valence-corrected chi connectivity index (χ3v) is 11.0. The molecule has 0 saturated heterocycles. The predicted molar refractivity (Wildman–Crippen MR) is 231 cm³/mol. The van der Waals surface area contributed by atoms with E-state index in [4.69, 9.17) is 4.42 Å². The molecule has 0 radical (unpaired) electrons. The first kappa shape index (κ1) is 31.2. The van der Waals surface area contributed by atoms with Crippen LogP contribution >= 0.6 is 0 Å². The van der Waals surface area contributed by atoms with E-state index in [1.165, 1.54) is 43.7 Å². The van der Waals surface area contributed by atoms with Crippen molar-refractivity contribution in [1.29, 1.82) is 0 Å². The van der Waals surface area contributed by atoms with Gasteiger partial charge in [0, 0.05) is 49.9 Å². The highest BCUT2D eigenvalue weighted by Gasteiger charge is 2.19. The molecule has 0 amide bonds. The van der Waals surface area contributed by atoms with Crippen molar-refractivity contribution in [3.63, 3.8) is 0 Å². The van der Waals surface area contributed by atoms with Crippen LogP contribution in [0, 0.1) is 0 Å². The Morgan fingerprint density at radius 3 is 1.58 bits per heavy atom. The van der Waals surface area contributed by atoms with Crippen molar-refractivity contribution in [3.8, 4) is 27.9 Å². The molecule has 0 bridgehead atoms. The Hall–Kier alpha value is -7.36. The quantitative estimate of drug-likeness (QED) is 0.172. The van der Waals surface area contributed by atoms with Gasteiger partial charge in [-0.25, -0.2) is 0 Å². The van der Waals surface area contributed by atoms with Crippen molar-refractivity contribution in [3.05, 3.63) is 206 Å². The summed E-state index contributed by atoms with van der Waals surface area (Å²) >= 11 is 0. The highest BCUT2D eigenvalue weighted by Crippen LogP contribution is 2.42. The normalized spacial score (nSPS) is 11.6. The van der Waals surface area contributed by atoms with Crippen LogP contribution in [-0.2, 0) is 0 Å². The molecule has 2 aromatic heterocycles. The number of para-hydroxylation sites is 4. The maximum Gasteiger partial charge on any atom is 0.143 e. The van der Waals surface area contributed by atoms with Gasteiger partial charge in [-0.2, -0.15) is 0 Å². The molecule has 0 N–H and O–H groups in total. The van der Waals surface area contributed by atoms with Crippen LogP contribution in [-0.4, -0.2) is 4.57 Å². The second-order valence-corrected chi connectivity index (χ2v) is 14.1. The summed E-state index contributed by atoms with van der Waals surface area (Å²) < 4.78 is 9.05. The van der Waals surface area contributed by atoms with Crippen LogP contribution in [0.4, 0.5) is 17.1 Å². The minimum Gasteiger partial charge on any atom is -0.455 e. The number of hydrogen-bond donors (Lipinski definition) is 0. The van der Waals surface area contributed by atoms with Crippen LogP contribution in [0.25, 0.3) is 82.5 Å². The van der Waals surface area contributed by atoms with E-state index < -0.39 is 0 Å². The molecule has 0 aliphatic rings. The average molecular weight is 703 g/mol. The van der Waals surface area contributed by atoms with Crippen molar-refractivity contribution in [2.45, 2.75) is 0 Å². The van der Waals surface area contributed by atoms with Gasteiger partial charge in [-0.15, -0.1) is 0 Å². The van der Waals surface area contributed by atoms with Crippen LogP contribution in [0.15, 0.2) is 211 Å². The molecule has 258 valence electrons. The third kappa shape index (κ3) is 5.13. The maximum absolute atomic E-state index is 6.66. The van der Waals surface area contributed by atoms with Crippen LogP contribution in [0.3, 0.4) is 0 Å².